The van der Waals surface area contributed by atoms with Crippen molar-refractivity contribution in [3.8, 4) is 0 Å². The van der Waals surface area contributed by atoms with E-state index in [-0.39, 0.29) is 6.09 Å². The topological polar surface area (TPSA) is 29.5 Å². The van der Waals surface area contributed by atoms with Crippen molar-refractivity contribution in [1.29, 1.82) is 0 Å². The highest BCUT2D eigenvalue weighted by atomic mass is 35.5. The van der Waals surface area contributed by atoms with Crippen LogP contribution in [0.15, 0.2) is 24.3 Å². The predicted molar refractivity (Wildman–Crippen MR) is 95.8 cm³/mol. The minimum absolute atomic E-state index is 0.207. The van der Waals surface area contributed by atoms with Gasteiger partial charge in [0.15, 0.2) is 0 Å². The number of allylic oxidation sites excluding steroid dienone is 1. The molecule has 0 N–H and O–H groups in total. The summed E-state index contributed by atoms with van der Waals surface area (Å²) in [6, 6.07) is 5.95. The summed E-state index contributed by atoms with van der Waals surface area (Å²) in [5.74, 6) is 0.476. The number of hydrogen-bond donors (Lipinski definition) is 0. The molecule has 1 saturated heterocycles. The molecule has 1 aromatic carbocycles. The standard InChI is InChI=1S/C19H26ClNO2/c1-14-6-5-7-17(20)16(14)9-8-15-10-12-21(13-11-15)18(22)23-19(2,3)4/h5-9,15H,10-13H2,1-4H3. The van der Waals surface area contributed by atoms with E-state index in [0.29, 0.717) is 5.92 Å². The van der Waals surface area contributed by atoms with Crippen molar-refractivity contribution in [3.63, 3.8) is 0 Å². The number of rotatable bonds is 2. The molecule has 0 spiro atoms. The number of aryl methyl sites for hydroxylation is 1. The van der Waals surface area contributed by atoms with E-state index in [9.17, 15) is 4.79 Å². The molecule has 1 aromatic rings. The molecule has 1 aliphatic rings. The molecule has 2 rings (SSSR count). The van der Waals surface area contributed by atoms with Crippen molar-refractivity contribution in [3.05, 3.63) is 40.4 Å². The van der Waals surface area contributed by atoms with Crippen LogP contribution in [0, 0.1) is 12.8 Å². The zero-order chi connectivity index (χ0) is 17.0. The average molecular weight is 336 g/mol. The Morgan fingerprint density at radius 3 is 2.52 bits per heavy atom. The van der Waals surface area contributed by atoms with E-state index in [1.807, 2.05) is 32.9 Å². The summed E-state index contributed by atoms with van der Waals surface area (Å²) in [5.41, 5.74) is 1.83. The first-order valence-electron chi connectivity index (χ1n) is 8.17. The first-order chi connectivity index (χ1) is 10.8. The number of carbonyl (C=O) groups is 1. The van der Waals surface area contributed by atoms with Gasteiger partial charge in [0, 0.05) is 18.1 Å². The minimum atomic E-state index is -0.435. The van der Waals surface area contributed by atoms with Gasteiger partial charge in [-0.25, -0.2) is 4.79 Å². The molecule has 1 heterocycles. The van der Waals surface area contributed by atoms with Gasteiger partial charge in [-0.1, -0.05) is 35.9 Å². The van der Waals surface area contributed by atoms with Crippen molar-refractivity contribution in [1.82, 2.24) is 4.90 Å². The maximum atomic E-state index is 12.1. The van der Waals surface area contributed by atoms with E-state index >= 15 is 0 Å². The number of amides is 1. The Morgan fingerprint density at radius 1 is 1.30 bits per heavy atom. The van der Waals surface area contributed by atoms with Gasteiger partial charge >= 0.3 is 6.09 Å². The molecule has 0 bridgehead atoms. The largest absolute Gasteiger partial charge is 0.444 e. The van der Waals surface area contributed by atoms with E-state index in [2.05, 4.69) is 25.1 Å². The summed E-state index contributed by atoms with van der Waals surface area (Å²) in [6.07, 6.45) is 6.05. The van der Waals surface area contributed by atoms with Crippen LogP contribution in [0.3, 0.4) is 0 Å². The van der Waals surface area contributed by atoms with E-state index in [1.165, 1.54) is 5.56 Å². The molecule has 0 aliphatic carbocycles. The van der Waals surface area contributed by atoms with Gasteiger partial charge in [0.25, 0.3) is 0 Å². The van der Waals surface area contributed by atoms with Gasteiger partial charge in [-0.15, -0.1) is 0 Å². The normalized spacial score (nSPS) is 16.8. The lowest BCUT2D eigenvalue weighted by atomic mass is 9.95. The smallest absolute Gasteiger partial charge is 0.410 e. The van der Waals surface area contributed by atoms with Crippen LogP contribution in [0.1, 0.15) is 44.7 Å². The van der Waals surface area contributed by atoms with Gasteiger partial charge in [-0.2, -0.15) is 0 Å². The SMILES string of the molecule is Cc1cccc(Cl)c1C=CC1CCN(C(=O)OC(C)(C)C)CC1. The number of ether oxygens (including phenoxy) is 1. The number of hydrogen-bond acceptors (Lipinski definition) is 2. The number of nitrogens with zero attached hydrogens (tertiary/aromatic N) is 1. The summed E-state index contributed by atoms with van der Waals surface area (Å²) in [7, 11) is 0. The fraction of sp³-hybridized carbons (Fsp3) is 0.526. The Hall–Kier alpha value is -1.48. The first kappa shape index (κ1) is 17.9. The Morgan fingerprint density at radius 2 is 1.96 bits per heavy atom. The number of likely N-dealkylation sites (tertiary alicyclic amines) is 1. The third-order valence-corrected chi connectivity index (χ3v) is 4.33. The van der Waals surface area contributed by atoms with Crippen LogP contribution in [0.2, 0.25) is 5.02 Å². The van der Waals surface area contributed by atoms with Crippen LogP contribution in [0.5, 0.6) is 0 Å². The average Bonchev–Trinajstić information content (AvgIpc) is 2.45. The van der Waals surface area contributed by atoms with Gasteiger partial charge < -0.3 is 9.64 Å². The molecular weight excluding hydrogens is 310 g/mol. The molecule has 3 nitrogen and oxygen atoms in total. The monoisotopic (exact) mass is 335 g/mol. The minimum Gasteiger partial charge on any atom is -0.444 e. The summed E-state index contributed by atoms with van der Waals surface area (Å²) >= 11 is 6.25. The lowest BCUT2D eigenvalue weighted by Crippen LogP contribution is -2.41. The summed E-state index contributed by atoms with van der Waals surface area (Å²) in [6.45, 7) is 9.23. The third kappa shape index (κ3) is 5.28. The van der Waals surface area contributed by atoms with Crippen molar-refractivity contribution in [2.75, 3.05) is 13.1 Å². The Balaban J connectivity index is 1.90. The van der Waals surface area contributed by atoms with Crippen LogP contribution in [0.25, 0.3) is 6.08 Å². The van der Waals surface area contributed by atoms with Crippen molar-refractivity contribution >= 4 is 23.8 Å². The zero-order valence-electron chi connectivity index (χ0n) is 14.4. The maximum Gasteiger partial charge on any atom is 0.410 e. The van der Waals surface area contributed by atoms with Crippen molar-refractivity contribution in [2.45, 2.75) is 46.1 Å². The second-order valence-corrected chi connectivity index (χ2v) is 7.54. The van der Waals surface area contributed by atoms with Gasteiger partial charge in [-0.3, -0.25) is 0 Å². The molecule has 4 heteroatoms. The molecule has 0 aromatic heterocycles. The van der Waals surface area contributed by atoms with Crippen LogP contribution < -0.4 is 0 Å². The molecule has 0 atom stereocenters. The molecule has 126 valence electrons. The van der Waals surface area contributed by atoms with E-state index in [1.54, 1.807) is 4.90 Å². The molecular formula is C19H26ClNO2. The van der Waals surface area contributed by atoms with E-state index in [0.717, 1.165) is 36.5 Å². The highest BCUT2D eigenvalue weighted by Crippen LogP contribution is 2.25. The third-order valence-electron chi connectivity index (χ3n) is 4.00. The highest BCUT2D eigenvalue weighted by molar-refractivity contribution is 6.32. The Bertz CT molecular complexity index is 561. The maximum absolute atomic E-state index is 12.1. The van der Waals surface area contributed by atoms with Gasteiger partial charge in [-0.05, 0) is 63.6 Å². The lowest BCUT2D eigenvalue weighted by Gasteiger charge is -2.32. The van der Waals surface area contributed by atoms with Crippen LogP contribution >= 0.6 is 11.6 Å². The quantitative estimate of drug-likeness (QED) is 0.733. The predicted octanol–water partition coefficient (Wildman–Crippen LogP) is 5.31. The molecule has 1 amide bonds. The van der Waals surface area contributed by atoms with Gasteiger partial charge in [0.05, 0.1) is 0 Å². The van der Waals surface area contributed by atoms with Crippen LogP contribution in [0.4, 0.5) is 4.79 Å². The summed E-state index contributed by atoms with van der Waals surface area (Å²) in [4.78, 5) is 13.9. The van der Waals surface area contributed by atoms with Crippen molar-refractivity contribution in [2.24, 2.45) is 5.92 Å². The molecule has 0 saturated carbocycles. The second-order valence-electron chi connectivity index (χ2n) is 7.13. The molecule has 0 unspecified atom stereocenters. The van der Waals surface area contributed by atoms with Gasteiger partial charge in [0.2, 0.25) is 0 Å². The molecule has 1 aliphatic heterocycles. The first-order valence-corrected chi connectivity index (χ1v) is 8.55. The van der Waals surface area contributed by atoms with Crippen molar-refractivity contribution < 1.29 is 9.53 Å². The summed E-state index contributed by atoms with van der Waals surface area (Å²) in [5, 5.41) is 0.785. The molecule has 23 heavy (non-hydrogen) atoms. The van der Waals surface area contributed by atoms with E-state index in [4.69, 9.17) is 16.3 Å². The second kappa shape index (κ2) is 7.39. The Labute approximate surface area is 144 Å². The fourth-order valence-corrected chi connectivity index (χ4v) is 2.97. The Kier molecular flexibility index (Phi) is 5.74. The zero-order valence-corrected chi connectivity index (χ0v) is 15.2. The fourth-order valence-electron chi connectivity index (χ4n) is 2.69. The number of piperidine rings is 1. The number of halogens is 1. The number of carbonyl (C=O) groups excluding carboxylic acids is 1. The van der Waals surface area contributed by atoms with Gasteiger partial charge in [0.1, 0.15) is 5.60 Å². The van der Waals surface area contributed by atoms with Crippen LogP contribution in [-0.4, -0.2) is 29.7 Å². The van der Waals surface area contributed by atoms with Crippen LogP contribution in [-0.2, 0) is 4.74 Å². The molecule has 1 fully saturated rings. The lowest BCUT2D eigenvalue weighted by molar-refractivity contribution is 0.0197. The highest BCUT2D eigenvalue weighted by Gasteiger charge is 2.25. The van der Waals surface area contributed by atoms with E-state index < -0.39 is 5.60 Å². The number of benzene rings is 1. The molecule has 0 radical (unpaired) electrons. The summed E-state index contributed by atoms with van der Waals surface area (Å²) < 4.78 is 5.42.